The van der Waals surface area contributed by atoms with Crippen LogP contribution in [0.4, 0.5) is 5.69 Å². The van der Waals surface area contributed by atoms with Gasteiger partial charge in [-0.1, -0.05) is 55.5 Å². The Morgan fingerprint density at radius 3 is 1.96 bits per heavy atom. The molecule has 126 valence electrons. The molecule has 0 bridgehead atoms. The number of carbonyl (C=O) groups excluding carboxylic acids is 1. The van der Waals surface area contributed by atoms with E-state index in [0.29, 0.717) is 13.0 Å². The number of anilines is 1. The van der Waals surface area contributed by atoms with E-state index in [9.17, 15) is 4.79 Å². The topological polar surface area (TPSA) is 29.5 Å². The minimum Gasteiger partial charge on any atom is -0.457 e. The summed E-state index contributed by atoms with van der Waals surface area (Å²) in [4.78, 5) is 14.2. The number of amides is 1. The van der Waals surface area contributed by atoms with E-state index in [0.717, 1.165) is 22.7 Å². The smallest absolute Gasteiger partial charge is 0.227 e. The highest BCUT2D eigenvalue weighted by Gasteiger charge is 2.14. The molecule has 3 aromatic carbocycles. The largest absolute Gasteiger partial charge is 0.457 e. The molecule has 0 aliphatic rings. The lowest BCUT2D eigenvalue weighted by atomic mass is 10.2. The minimum atomic E-state index is 0.0978. The highest BCUT2D eigenvalue weighted by atomic mass is 16.5. The van der Waals surface area contributed by atoms with Crippen LogP contribution in [0, 0.1) is 0 Å². The Balaban J connectivity index is 1.78. The maximum absolute atomic E-state index is 12.4. The van der Waals surface area contributed by atoms with Crippen LogP contribution in [0.1, 0.15) is 18.9 Å². The van der Waals surface area contributed by atoms with Crippen LogP contribution >= 0.6 is 0 Å². The number of para-hydroxylation sites is 1. The Bertz CT molecular complexity index is 798. The number of hydrogen-bond donors (Lipinski definition) is 0. The average Bonchev–Trinajstić information content (AvgIpc) is 2.68. The van der Waals surface area contributed by atoms with Gasteiger partial charge in [0.1, 0.15) is 11.5 Å². The first-order chi connectivity index (χ1) is 12.3. The lowest BCUT2D eigenvalue weighted by Gasteiger charge is -2.23. The van der Waals surface area contributed by atoms with Gasteiger partial charge in [0, 0.05) is 12.1 Å². The first kappa shape index (κ1) is 16.8. The molecule has 0 aliphatic heterocycles. The van der Waals surface area contributed by atoms with E-state index in [2.05, 4.69) is 0 Å². The third-order valence-corrected chi connectivity index (χ3v) is 3.91. The number of carbonyl (C=O) groups is 1. The van der Waals surface area contributed by atoms with Crippen molar-refractivity contribution in [2.24, 2.45) is 0 Å². The van der Waals surface area contributed by atoms with Gasteiger partial charge in [0.15, 0.2) is 0 Å². The molecule has 0 fully saturated rings. The molecule has 3 heteroatoms. The van der Waals surface area contributed by atoms with E-state index in [1.54, 1.807) is 0 Å². The fourth-order valence-corrected chi connectivity index (χ4v) is 2.60. The van der Waals surface area contributed by atoms with Crippen molar-refractivity contribution in [3.8, 4) is 11.5 Å². The fraction of sp³-hybridized carbons (Fsp3) is 0.136. The second-order valence-corrected chi connectivity index (χ2v) is 5.73. The van der Waals surface area contributed by atoms with Gasteiger partial charge in [-0.2, -0.15) is 0 Å². The van der Waals surface area contributed by atoms with Crippen LogP contribution in [-0.2, 0) is 11.3 Å². The Hall–Kier alpha value is -3.07. The molecule has 0 aliphatic carbocycles. The fourth-order valence-electron chi connectivity index (χ4n) is 2.60. The molecule has 3 nitrogen and oxygen atoms in total. The minimum absolute atomic E-state index is 0.0978. The summed E-state index contributed by atoms with van der Waals surface area (Å²) in [5, 5.41) is 0. The van der Waals surface area contributed by atoms with E-state index in [-0.39, 0.29) is 5.91 Å². The van der Waals surface area contributed by atoms with Crippen molar-refractivity contribution >= 4 is 11.6 Å². The van der Waals surface area contributed by atoms with Crippen molar-refractivity contribution in [2.75, 3.05) is 4.90 Å². The second kappa shape index (κ2) is 8.15. The van der Waals surface area contributed by atoms with Crippen molar-refractivity contribution in [3.63, 3.8) is 0 Å². The third-order valence-electron chi connectivity index (χ3n) is 3.91. The summed E-state index contributed by atoms with van der Waals surface area (Å²) >= 11 is 0. The first-order valence-electron chi connectivity index (χ1n) is 8.43. The number of ether oxygens (including phenoxy) is 1. The predicted octanol–water partition coefficient (Wildman–Crippen LogP) is 5.42. The second-order valence-electron chi connectivity index (χ2n) is 5.73. The summed E-state index contributed by atoms with van der Waals surface area (Å²) in [6.45, 7) is 2.44. The quantitative estimate of drug-likeness (QED) is 0.603. The molecule has 0 N–H and O–H groups in total. The van der Waals surface area contributed by atoms with E-state index < -0.39 is 0 Å². The van der Waals surface area contributed by atoms with Gasteiger partial charge in [-0.25, -0.2) is 0 Å². The molecule has 0 saturated heterocycles. The molecule has 0 radical (unpaired) electrons. The zero-order chi connectivity index (χ0) is 17.5. The number of hydrogen-bond acceptors (Lipinski definition) is 2. The van der Waals surface area contributed by atoms with E-state index in [4.69, 9.17) is 4.74 Å². The zero-order valence-electron chi connectivity index (χ0n) is 14.3. The van der Waals surface area contributed by atoms with Crippen molar-refractivity contribution in [1.82, 2.24) is 0 Å². The molecule has 0 spiro atoms. The Morgan fingerprint density at radius 1 is 0.800 bits per heavy atom. The molecule has 0 heterocycles. The van der Waals surface area contributed by atoms with E-state index >= 15 is 0 Å². The summed E-state index contributed by atoms with van der Waals surface area (Å²) in [5.41, 5.74) is 1.98. The third kappa shape index (κ3) is 4.48. The molecule has 3 rings (SSSR count). The molecule has 0 unspecified atom stereocenters. The van der Waals surface area contributed by atoms with Gasteiger partial charge in [-0.15, -0.1) is 0 Å². The van der Waals surface area contributed by atoms with Gasteiger partial charge in [-0.05, 0) is 42.0 Å². The molecule has 0 aromatic heterocycles. The van der Waals surface area contributed by atoms with Gasteiger partial charge >= 0.3 is 0 Å². The van der Waals surface area contributed by atoms with Crippen LogP contribution in [0.15, 0.2) is 84.9 Å². The van der Waals surface area contributed by atoms with E-state index in [1.165, 1.54) is 0 Å². The molecule has 0 saturated carbocycles. The van der Waals surface area contributed by atoms with Crippen LogP contribution < -0.4 is 9.64 Å². The van der Waals surface area contributed by atoms with Gasteiger partial charge in [-0.3, -0.25) is 4.79 Å². The Labute approximate surface area is 148 Å². The van der Waals surface area contributed by atoms with Crippen LogP contribution in [0.3, 0.4) is 0 Å². The van der Waals surface area contributed by atoms with Crippen LogP contribution in [0.5, 0.6) is 11.5 Å². The monoisotopic (exact) mass is 331 g/mol. The number of nitrogens with zero attached hydrogens (tertiary/aromatic N) is 1. The van der Waals surface area contributed by atoms with Gasteiger partial charge in [0.05, 0.1) is 6.54 Å². The standard InChI is InChI=1S/C22H21NO2/c1-2-22(24)23(17-18-9-5-3-6-10-18)19-13-15-21(16-14-19)25-20-11-7-4-8-12-20/h3-16H,2,17H2,1H3. The molecule has 0 atom stereocenters. The number of rotatable bonds is 6. The Morgan fingerprint density at radius 2 is 1.36 bits per heavy atom. The van der Waals surface area contributed by atoms with Crippen molar-refractivity contribution in [1.29, 1.82) is 0 Å². The SMILES string of the molecule is CCC(=O)N(Cc1ccccc1)c1ccc(Oc2ccccc2)cc1. The van der Waals surface area contributed by atoms with E-state index in [1.807, 2.05) is 96.8 Å². The summed E-state index contributed by atoms with van der Waals surface area (Å²) in [7, 11) is 0. The maximum atomic E-state index is 12.4. The Kier molecular flexibility index (Phi) is 5.47. The van der Waals surface area contributed by atoms with Gasteiger partial charge in [0.25, 0.3) is 0 Å². The molecular weight excluding hydrogens is 310 g/mol. The maximum Gasteiger partial charge on any atom is 0.227 e. The van der Waals surface area contributed by atoms with Crippen LogP contribution in [0.2, 0.25) is 0 Å². The highest BCUT2D eigenvalue weighted by Crippen LogP contribution is 2.25. The molecular formula is C22H21NO2. The van der Waals surface area contributed by atoms with Crippen LogP contribution in [-0.4, -0.2) is 5.91 Å². The zero-order valence-corrected chi connectivity index (χ0v) is 14.3. The van der Waals surface area contributed by atoms with Crippen molar-refractivity contribution in [2.45, 2.75) is 19.9 Å². The summed E-state index contributed by atoms with van der Waals surface area (Å²) in [6, 6.07) is 27.3. The first-order valence-corrected chi connectivity index (χ1v) is 8.43. The van der Waals surface area contributed by atoms with Gasteiger partial charge in [0.2, 0.25) is 5.91 Å². The molecule has 25 heavy (non-hydrogen) atoms. The average molecular weight is 331 g/mol. The predicted molar refractivity (Wildman–Crippen MR) is 101 cm³/mol. The van der Waals surface area contributed by atoms with Gasteiger partial charge < -0.3 is 9.64 Å². The summed E-state index contributed by atoms with van der Waals surface area (Å²) < 4.78 is 5.81. The lowest BCUT2D eigenvalue weighted by Crippen LogP contribution is -2.29. The molecule has 1 amide bonds. The lowest BCUT2D eigenvalue weighted by molar-refractivity contribution is -0.118. The number of benzene rings is 3. The molecule has 3 aromatic rings. The highest BCUT2D eigenvalue weighted by molar-refractivity contribution is 5.93. The normalized spacial score (nSPS) is 10.3. The summed E-state index contributed by atoms with van der Waals surface area (Å²) in [5.74, 6) is 1.64. The van der Waals surface area contributed by atoms with Crippen molar-refractivity contribution in [3.05, 3.63) is 90.5 Å². The van der Waals surface area contributed by atoms with Crippen LogP contribution in [0.25, 0.3) is 0 Å². The van der Waals surface area contributed by atoms with Crippen molar-refractivity contribution < 1.29 is 9.53 Å². The summed E-state index contributed by atoms with van der Waals surface area (Å²) in [6.07, 6.45) is 0.467.